The topological polar surface area (TPSA) is 72.2 Å². The summed E-state index contributed by atoms with van der Waals surface area (Å²) in [5, 5.41) is 7.92. The molecular weight excluding hydrogens is 374 g/mol. The van der Waals surface area contributed by atoms with Crippen LogP contribution in [0.1, 0.15) is 73.5 Å². The van der Waals surface area contributed by atoms with Gasteiger partial charge in [0.15, 0.2) is 11.5 Å². The lowest BCUT2D eigenvalue weighted by atomic mass is 9.84. The Morgan fingerprint density at radius 3 is 2.83 bits per heavy atom. The molecule has 0 radical (unpaired) electrons. The molecular formula is C24H29N5O. The van der Waals surface area contributed by atoms with Crippen LogP contribution < -0.4 is 5.32 Å². The van der Waals surface area contributed by atoms with Crippen LogP contribution in [0.3, 0.4) is 0 Å². The molecule has 156 valence electrons. The van der Waals surface area contributed by atoms with E-state index in [9.17, 15) is 4.79 Å². The summed E-state index contributed by atoms with van der Waals surface area (Å²) in [6, 6.07) is 5.56. The first-order valence-corrected chi connectivity index (χ1v) is 10.5. The third-order valence-corrected chi connectivity index (χ3v) is 5.86. The number of aromatic nitrogens is 3. The number of rotatable bonds is 5. The standard InChI is InChI=1S/C24H29N5O/c1-6-11-26-19(7-2)29-21-16-13-15(16)14-17(21)20(28-29)23(30)27-22(24(3,4)5)18-10-8-9-12-25-18/h6-12,15-16,22H,2,13-14H2,1,3-5H3,(H,27,30)/b11-6-,26-19?/t15-,16-,22-/m0/s1. The number of carbonyl (C=O) groups excluding carboxylic acids is 1. The molecule has 2 aliphatic rings. The van der Waals surface area contributed by atoms with Gasteiger partial charge in [-0.2, -0.15) is 5.10 Å². The summed E-state index contributed by atoms with van der Waals surface area (Å²) >= 11 is 0. The van der Waals surface area contributed by atoms with E-state index in [1.165, 1.54) is 0 Å². The third-order valence-electron chi connectivity index (χ3n) is 5.86. The molecule has 4 rings (SSSR count). The van der Waals surface area contributed by atoms with Gasteiger partial charge in [0.25, 0.3) is 5.91 Å². The molecule has 3 atom stereocenters. The molecule has 2 aromatic heterocycles. The van der Waals surface area contributed by atoms with Gasteiger partial charge >= 0.3 is 0 Å². The quantitative estimate of drug-likeness (QED) is 0.593. The van der Waals surface area contributed by atoms with E-state index in [1.54, 1.807) is 18.5 Å². The highest BCUT2D eigenvalue weighted by Gasteiger charge is 2.50. The Morgan fingerprint density at radius 1 is 1.40 bits per heavy atom. The van der Waals surface area contributed by atoms with Crippen molar-refractivity contribution in [2.24, 2.45) is 16.3 Å². The summed E-state index contributed by atoms with van der Waals surface area (Å²) in [5.41, 5.74) is 3.32. The number of amides is 1. The van der Waals surface area contributed by atoms with E-state index >= 15 is 0 Å². The molecule has 2 heterocycles. The minimum absolute atomic E-state index is 0.161. The molecule has 0 bridgehead atoms. The Hall–Kier alpha value is -3.02. The highest BCUT2D eigenvalue weighted by Crippen LogP contribution is 2.57. The van der Waals surface area contributed by atoms with Crippen LogP contribution in [0.25, 0.3) is 0 Å². The van der Waals surface area contributed by atoms with E-state index in [1.807, 2.05) is 35.9 Å². The van der Waals surface area contributed by atoms with Crippen LogP contribution in [0.15, 0.2) is 54.3 Å². The molecule has 6 nitrogen and oxygen atoms in total. The zero-order chi connectivity index (χ0) is 21.5. The zero-order valence-electron chi connectivity index (χ0n) is 18.1. The van der Waals surface area contributed by atoms with E-state index in [0.717, 1.165) is 29.8 Å². The van der Waals surface area contributed by atoms with Crippen molar-refractivity contribution in [1.29, 1.82) is 0 Å². The van der Waals surface area contributed by atoms with Crippen LogP contribution in [0, 0.1) is 11.3 Å². The SMILES string of the molecule is C=CC(=N/C=C\C)n1nc(C(=O)N[C@@H](c2ccccn2)C(C)(C)C)c2c1[C@H]1C[C@H]1C2. The van der Waals surface area contributed by atoms with Gasteiger partial charge in [-0.1, -0.05) is 39.5 Å². The van der Waals surface area contributed by atoms with Gasteiger partial charge in [-0.15, -0.1) is 0 Å². The van der Waals surface area contributed by atoms with E-state index in [0.29, 0.717) is 23.4 Å². The van der Waals surface area contributed by atoms with Crippen molar-refractivity contribution >= 4 is 11.7 Å². The Morgan fingerprint density at radius 2 is 2.20 bits per heavy atom. The van der Waals surface area contributed by atoms with Crippen LogP contribution in [0.4, 0.5) is 0 Å². The first kappa shape index (κ1) is 20.3. The monoisotopic (exact) mass is 403 g/mol. The second kappa shape index (κ2) is 7.67. The average Bonchev–Trinajstić information content (AvgIpc) is 3.22. The molecule has 30 heavy (non-hydrogen) atoms. The zero-order valence-corrected chi connectivity index (χ0v) is 18.1. The highest BCUT2D eigenvalue weighted by molar-refractivity contribution is 5.99. The number of nitrogens with one attached hydrogen (secondary N) is 1. The number of carbonyl (C=O) groups is 1. The predicted molar refractivity (Wildman–Crippen MR) is 119 cm³/mol. The number of hydrogen-bond donors (Lipinski definition) is 1. The van der Waals surface area contributed by atoms with Crippen LogP contribution >= 0.6 is 0 Å². The van der Waals surface area contributed by atoms with E-state index in [2.05, 4.69) is 42.6 Å². The summed E-state index contributed by atoms with van der Waals surface area (Å²) in [6.07, 6.45) is 9.10. The van der Waals surface area contributed by atoms with Gasteiger partial charge in [-0.05, 0) is 49.3 Å². The van der Waals surface area contributed by atoms with Gasteiger partial charge in [-0.3, -0.25) is 9.78 Å². The van der Waals surface area contributed by atoms with Crippen LogP contribution in [0.2, 0.25) is 0 Å². The first-order chi connectivity index (χ1) is 14.3. The maximum Gasteiger partial charge on any atom is 0.272 e. The minimum atomic E-state index is -0.224. The first-order valence-electron chi connectivity index (χ1n) is 10.5. The largest absolute Gasteiger partial charge is 0.342 e. The fraction of sp³-hybridized carbons (Fsp3) is 0.417. The summed E-state index contributed by atoms with van der Waals surface area (Å²) in [6.45, 7) is 12.1. The van der Waals surface area contributed by atoms with Crippen molar-refractivity contribution in [3.63, 3.8) is 0 Å². The van der Waals surface area contributed by atoms with Gasteiger partial charge in [0.2, 0.25) is 0 Å². The molecule has 0 unspecified atom stereocenters. The number of allylic oxidation sites excluding steroid dienone is 2. The van der Waals surface area contributed by atoms with Gasteiger partial charge in [0.05, 0.1) is 17.4 Å². The lowest BCUT2D eigenvalue weighted by molar-refractivity contribution is 0.0893. The summed E-state index contributed by atoms with van der Waals surface area (Å²) in [7, 11) is 0. The number of hydrogen-bond acceptors (Lipinski definition) is 4. The molecule has 1 amide bonds. The minimum Gasteiger partial charge on any atom is -0.342 e. The van der Waals surface area contributed by atoms with Crippen LogP contribution in [-0.2, 0) is 6.42 Å². The lowest BCUT2D eigenvalue weighted by Crippen LogP contribution is -2.37. The van der Waals surface area contributed by atoms with Crippen molar-refractivity contribution in [1.82, 2.24) is 20.1 Å². The van der Waals surface area contributed by atoms with Gasteiger partial charge in [0, 0.05) is 23.9 Å². The molecule has 1 saturated carbocycles. The van der Waals surface area contributed by atoms with Crippen LogP contribution in [0.5, 0.6) is 0 Å². The second-order valence-corrected chi connectivity index (χ2v) is 9.13. The molecule has 0 aliphatic heterocycles. The van der Waals surface area contributed by atoms with Crippen molar-refractivity contribution in [2.45, 2.75) is 52.5 Å². The molecule has 0 aromatic carbocycles. The van der Waals surface area contributed by atoms with Crippen molar-refractivity contribution < 1.29 is 4.79 Å². The number of aliphatic imine (C=N–C) groups is 1. The predicted octanol–water partition coefficient (Wildman–Crippen LogP) is 4.42. The molecule has 0 spiro atoms. The smallest absolute Gasteiger partial charge is 0.272 e. The van der Waals surface area contributed by atoms with E-state index in [4.69, 9.17) is 5.10 Å². The summed E-state index contributed by atoms with van der Waals surface area (Å²) in [5.74, 6) is 1.58. The van der Waals surface area contributed by atoms with Crippen molar-refractivity contribution in [2.75, 3.05) is 0 Å². The van der Waals surface area contributed by atoms with Gasteiger partial charge in [0.1, 0.15) is 0 Å². The van der Waals surface area contributed by atoms with Crippen LogP contribution in [-0.4, -0.2) is 26.5 Å². The molecule has 0 saturated heterocycles. The number of nitrogens with zero attached hydrogens (tertiary/aromatic N) is 4. The number of fused-ring (bicyclic) bond motifs is 3. The molecule has 1 fully saturated rings. The lowest BCUT2D eigenvalue weighted by Gasteiger charge is -2.30. The third kappa shape index (κ3) is 3.62. The van der Waals surface area contributed by atoms with E-state index < -0.39 is 0 Å². The molecule has 1 N–H and O–H groups in total. The summed E-state index contributed by atoms with van der Waals surface area (Å²) in [4.78, 5) is 22.3. The Kier molecular flexibility index (Phi) is 5.18. The Labute approximate surface area is 177 Å². The van der Waals surface area contributed by atoms with Crippen molar-refractivity contribution in [3.8, 4) is 0 Å². The molecule has 2 aromatic rings. The highest BCUT2D eigenvalue weighted by atomic mass is 16.2. The fourth-order valence-electron chi connectivity index (χ4n) is 4.30. The van der Waals surface area contributed by atoms with E-state index in [-0.39, 0.29) is 17.4 Å². The maximum atomic E-state index is 13.4. The average molecular weight is 404 g/mol. The Balaban J connectivity index is 1.71. The fourth-order valence-corrected chi connectivity index (χ4v) is 4.30. The molecule has 2 aliphatic carbocycles. The van der Waals surface area contributed by atoms with Crippen molar-refractivity contribution in [3.05, 3.63) is 72.0 Å². The second-order valence-electron chi connectivity index (χ2n) is 9.13. The van der Waals surface area contributed by atoms with Gasteiger partial charge in [-0.25, -0.2) is 9.67 Å². The number of pyridine rings is 1. The summed E-state index contributed by atoms with van der Waals surface area (Å²) < 4.78 is 1.82. The normalized spacial score (nSPS) is 21.3. The molecule has 6 heteroatoms. The van der Waals surface area contributed by atoms with Gasteiger partial charge < -0.3 is 5.32 Å². The maximum absolute atomic E-state index is 13.4. The Bertz CT molecular complexity index is 1030.